The average molecular weight is 223 g/mol. The van der Waals surface area contributed by atoms with E-state index in [1.165, 1.54) is 6.92 Å². The van der Waals surface area contributed by atoms with Crippen molar-refractivity contribution < 1.29 is 23.1 Å². The number of aromatic carboxylic acids is 1. The smallest absolute Gasteiger partial charge is 0.436 e. The molecule has 15 heavy (non-hydrogen) atoms. The van der Waals surface area contributed by atoms with Crippen molar-refractivity contribution in [1.29, 1.82) is 0 Å². The predicted molar refractivity (Wildman–Crippen MR) is 44.3 cm³/mol. The second-order valence-electron chi connectivity index (χ2n) is 2.73. The van der Waals surface area contributed by atoms with Crippen LogP contribution in [0.1, 0.15) is 23.0 Å². The Kier molecular flexibility index (Phi) is 2.61. The van der Waals surface area contributed by atoms with Gasteiger partial charge in [-0.3, -0.25) is 0 Å². The molecule has 0 aliphatic carbocycles. The molecule has 8 heteroatoms. The van der Waals surface area contributed by atoms with E-state index in [4.69, 9.17) is 10.8 Å². The molecule has 1 aromatic rings. The van der Waals surface area contributed by atoms with E-state index in [2.05, 4.69) is 5.10 Å². The normalized spacial score (nSPS) is 11.7. The number of nitrogen functional groups attached to an aromatic ring is 1. The number of aryl methyl sites for hydroxylation is 1. The lowest BCUT2D eigenvalue weighted by molar-refractivity contribution is -0.142. The molecule has 0 amide bonds. The van der Waals surface area contributed by atoms with E-state index < -0.39 is 29.2 Å². The van der Waals surface area contributed by atoms with Crippen molar-refractivity contribution in [2.75, 3.05) is 5.73 Å². The van der Waals surface area contributed by atoms with E-state index in [0.29, 0.717) is 0 Å². The highest BCUT2D eigenvalue weighted by molar-refractivity contribution is 5.94. The highest BCUT2D eigenvalue weighted by Gasteiger charge is 2.41. The van der Waals surface area contributed by atoms with Crippen molar-refractivity contribution in [2.24, 2.45) is 0 Å². The van der Waals surface area contributed by atoms with Crippen LogP contribution in [0.25, 0.3) is 0 Å². The monoisotopic (exact) mass is 223 g/mol. The molecule has 0 spiro atoms. The SMILES string of the molecule is CCn1nc(C(F)(F)F)c(C(=O)O)c1N. The number of halogens is 3. The van der Waals surface area contributed by atoms with E-state index in [0.717, 1.165) is 4.68 Å². The third-order valence-corrected chi connectivity index (χ3v) is 1.77. The van der Waals surface area contributed by atoms with Crippen LogP contribution in [0, 0.1) is 0 Å². The molecule has 0 radical (unpaired) electrons. The Morgan fingerprint density at radius 1 is 1.60 bits per heavy atom. The van der Waals surface area contributed by atoms with Gasteiger partial charge in [-0.2, -0.15) is 18.3 Å². The maximum Gasteiger partial charge on any atom is 0.436 e. The van der Waals surface area contributed by atoms with Crippen molar-refractivity contribution in [3.63, 3.8) is 0 Å². The first-order chi connectivity index (χ1) is 6.79. The minimum atomic E-state index is -4.82. The molecular weight excluding hydrogens is 215 g/mol. The second-order valence-corrected chi connectivity index (χ2v) is 2.73. The number of hydrogen-bond donors (Lipinski definition) is 2. The fraction of sp³-hybridized carbons (Fsp3) is 0.429. The number of anilines is 1. The van der Waals surface area contributed by atoms with Crippen LogP contribution in [-0.2, 0) is 12.7 Å². The van der Waals surface area contributed by atoms with E-state index >= 15 is 0 Å². The Labute approximate surface area is 82.3 Å². The first-order valence-corrected chi connectivity index (χ1v) is 3.95. The molecule has 0 saturated carbocycles. The lowest BCUT2D eigenvalue weighted by atomic mass is 10.2. The largest absolute Gasteiger partial charge is 0.477 e. The topological polar surface area (TPSA) is 81.1 Å². The first-order valence-electron chi connectivity index (χ1n) is 3.95. The third kappa shape index (κ3) is 1.88. The Balaban J connectivity index is 3.45. The van der Waals surface area contributed by atoms with Crippen LogP contribution in [0.4, 0.5) is 19.0 Å². The van der Waals surface area contributed by atoms with Crippen LogP contribution in [0.2, 0.25) is 0 Å². The molecule has 0 saturated heterocycles. The number of alkyl halides is 3. The number of hydrogen-bond acceptors (Lipinski definition) is 3. The van der Waals surface area contributed by atoms with Gasteiger partial charge in [-0.05, 0) is 6.92 Å². The summed E-state index contributed by atoms with van der Waals surface area (Å²) in [5, 5.41) is 11.7. The molecule has 1 heterocycles. The Morgan fingerprint density at radius 3 is 2.40 bits per heavy atom. The van der Waals surface area contributed by atoms with Crippen LogP contribution in [0.15, 0.2) is 0 Å². The van der Waals surface area contributed by atoms with E-state index in [1.54, 1.807) is 0 Å². The molecule has 0 bridgehead atoms. The van der Waals surface area contributed by atoms with Gasteiger partial charge in [0.15, 0.2) is 5.69 Å². The van der Waals surface area contributed by atoms with Crippen molar-refractivity contribution in [1.82, 2.24) is 9.78 Å². The Bertz CT molecular complexity index is 397. The molecule has 0 atom stereocenters. The lowest BCUT2D eigenvalue weighted by Crippen LogP contribution is -2.12. The Morgan fingerprint density at radius 2 is 2.13 bits per heavy atom. The van der Waals surface area contributed by atoms with Gasteiger partial charge in [-0.25, -0.2) is 9.48 Å². The minimum absolute atomic E-state index is 0.0716. The number of carboxylic acids is 1. The summed E-state index contributed by atoms with van der Waals surface area (Å²) in [5.41, 5.74) is 2.77. The zero-order chi connectivity index (χ0) is 11.8. The van der Waals surface area contributed by atoms with Gasteiger partial charge in [0.1, 0.15) is 11.4 Å². The third-order valence-electron chi connectivity index (χ3n) is 1.77. The minimum Gasteiger partial charge on any atom is -0.477 e. The number of carboxylic acid groups (broad SMARTS) is 1. The van der Waals surface area contributed by atoms with Gasteiger partial charge in [0.25, 0.3) is 0 Å². The molecule has 84 valence electrons. The first kappa shape index (κ1) is 11.3. The average Bonchev–Trinajstić information content (AvgIpc) is 2.41. The molecule has 0 unspecified atom stereocenters. The van der Waals surface area contributed by atoms with Gasteiger partial charge in [0.05, 0.1) is 0 Å². The fourth-order valence-corrected chi connectivity index (χ4v) is 1.13. The molecule has 0 aliphatic heterocycles. The number of carbonyl (C=O) groups is 1. The summed E-state index contributed by atoms with van der Waals surface area (Å²) in [5.74, 6) is -2.23. The molecular formula is C7H8F3N3O2. The van der Waals surface area contributed by atoms with Gasteiger partial charge in [-0.15, -0.1) is 0 Å². The molecule has 1 rings (SSSR count). The maximum absolute atomic E-state index is 12.3. The van der Waals surface area contributed by atoms with Gasteiger partial charge in [0, 0.05) is 6.54 Å². The van der Waals surface area contributed by atoms with Gasteiger partial charge < -0.3 is 10.8 Å². The number of nitrogens with two attached hydrogens (primary N) is 1. The number of rotatable bonds is 2. The highest BCUT2D eigenvalue weighted by atomic mass is 19.4. The van der Waals surface area contributed by atoms with Crippen LogP contribution < -0.4 is 5.73 Å². The lowest BCUT2D eigenvalue weighted by Gasteiger charge is -2.02. The quantitative estimate of drug-likeness (QED) is 0.789. The summed E-state index contributed by atoms with van der Waals surface area (Å²) in [6, 6.07) is 0. The van der Waals surface area contributed by atoms with E-state index in [-0.39, 0.29) is 6.54 Å². The molecule has 0 aliphatic rings. The summed E-state index contributed by atoms with van der Waals surface area (Å²) in [6.07, 6.45) is -4.82. The summed E-state index contributed by atoms with van der Waals surface area (Å²) < 4.78 is 37.8. The maximum atomic E-state index is 12.3. The van der Waals surface area contributed by atoms with Crippen LogP contribution >= 0.6 is 0 Å². The summed E-state index contributed by atoms with van der Waals surface area (Å²) >= 11 is 0. The van der Waals surface area contributed by atoms with E-state index in [9.17, 15) is 18.0 Å². The molecule has 0 aromatic carbocycles. The van der Waals surface area contributed by atoms with Crippen molar-refractivity contribution in [3.8, 4) is 0 Å². The summed E-state index contributed by atoms with van der Waals surface area (Å²) in [7, 11) is 0. The fourth-order valence-electron chi connectivity index (χ4n) is 1.13. The zero-order valence-corrected chi connectivity index (χ0v) is 7.67. The van der Waals surface area contributed by atoms with E-state index in [1.807, 2.05) is 0 Å². The second kappa shape index (κ2) is 3.44. The molecule has 1 aromatic heterocycles. The van der Waals surface area contributed by atoms with Crippen LogP contribution in [-0.4, -0.2) is 20.9 Å². The van der Waals surface area contributed by atoms with Gasteiger partial charge in [-0.1, -0.05) is 0 Å². The summed E-state index contributed by atoms with van der Waals surface area (Å²) in [4.78, 5) is 10.6. The van der Waals surface area contributed by atoms with Crippen molar-refractivity contribution in [3.05, 3.63) is 11.3 Å². The number of nitrogens with zero attached hydrogens (tertiary/aromatic N) is 2. The Hall–Kier alpha value is -1.73. The predicted octanol–water partition coefficient (Wildman–Crippen LogP) is 1.20. The molecule has 5 nitrogen and oxygen atoms in total. The van der Waals surface area contributed by atoms with Gasteiger partial charge >= 0.3 is 12.1 Å². The molecule has 3 N–H and O–H groups in total. The van der Waals surface area contributed by atoms with Crippen molar-refractivity contribution >= 4 is 11.8 Å². The number of aromatic nitrogens is 2. The summed E-state index contributed by atoms with van der Waals surface area (Å²) in [6.45, 7) is 1.58. The highest BCUT2D eigenvalue weighted by Crippen LogP contribution is 2.33. The van der Waals surface area contributed by atoms with Gasteiger partial charge in [0.2, 0.25) is 0 Å². The van der Waals surface area contributed by atoms with Crippen LogP contribution in [0.3, 0.4) is 0 Å². The standard InChI is InChI=1S/C7H8F3N3O2/c1-2-13-5(11)3(6(14)15)4(12-13)7(8,9)10/h2,11H2,1H3,(H,14,15). The molecule has 0 fully saturated rings. The zero-order valence-electron chi connectivity index (χ0n) is 7.67. The van der Waals surface area contributed by atoms with Crippen molar-refractivity contribution in [2.45, 2.75) is 19.6 Å². The van der Waals surface area contributed by atoms with Crippen LogP contribution in [0.5, 0.6) is 0 Å².